The highest BCUT2D eigenvalue weighted by molar-refractivity contribution is 14.1. The monoisotopic (exact) mass is 359 g/mol. The molecule has 4 heteroatoms. The summed E-state index contributed by atoms with van der Waals surface area (Å²) in [5.74, 6) is 0.243. The van der Waals surface area contributed by atoms with Crippen LogP contribution < -0.4 is 0 Å². The van der Waals surface area contributed by atoms with E-state index >= 15 is 0 Å². The first kappa shape index (κ1) is 13.8. The predicted molar refractivity (Wildman–Crippen MR) is 79.6 cm³/mol. The summed E-state index contributed by atoms with van der Waals surface area (Å²) >= 11 is 2.23. The van der Waals surface area contributed by atoms with E-state index in [1.807, 2.05) is 36.9 Å². The summed E-state index contributed by atoms with van der Waals surface area (Å²) in [6.45, 7) is 5.30. The molecular weight excluding hydrogens is 341 g/mol. The van der Waals surface area contributed by atoms with Crippen LogP contribution >= 0.6 is 22.6 Å². The number of rotatable bonds is 1. The summed E-state index contributed by atoms with van der Waals surface area (Å²) < 4.78 is 1.03. The first-order valence-corrected chi connectivity index (χ1v) is 7.31. The van der Waals surface area contributed by atoms with Gasteiger partial charge in [-0.1, -0.05) is 19.1 Å². The normalized spacial score (nSPS) is 24.1. The Morgan fingerprint density at radius 2 is 2.22 bits per heavy atom. The third kappa shape index (κ3) is 2.69. The predicted octanol–water partition coefficient (Wildman–Crippen LogP) is 2.44. The number of aryl methyl sites for hydroxylation is 1. The fraction of sp³-hybridized carbons (Fsp3) is 0.500. The average molecular weight is 359 g/mol. The lowest BCUT2D eigenvalue weighted by molar-refractivity contribution is 0.0297. The number of likely N-dealkylation sites (tertiary alicyclic amines) is 1. The average Bonchev–Trinajstić information content (AvgIpc) is 2.35. The van der Waals surface area contributed by atoms with E-state index in [4.69, 9.17) is 0 Å². The van der Waals surface area contributed by atoms with Gasteiger partial charge in [0.25, 0.3) is 5.91 Å². The van der Waals surface area contributed by atoms with Crippen molar-refractivity contribution in [1.82, 2.24) is 4.90 Å². The number of carbonyl (C=O) groups excluding carboxylic acids is 1. The van der Waals surface area contributed by atoms with Gasteiger partial charge >= 0.3 is 0 Å². The Kier molecular flexibility index (Phi) is 4.27. The van der Waals surface area contributed by atoms with Crippen molar-refractivity contribution in [1.29, 1.82) is 0 Å². The summed E-state index contributed by atoms with van der Waals surface area (Å²) in [5.41, 5.74) is 1.91. The molecule has 0 radical (unpaired) electrons. The number of nitrogens with zero attached hydrogens (tertiary/aromatic N) is 1. The van der Waals surface area contributed by atoms with Crippen molar-refractivity contribution in [3.63, 3.8) is 0 Å². The first-order chi connectivity index (χ1) is 8.50. The number of aliphatic hydroxyl groups excluding tert-OH is 1. The molecule has 3 nitrogen and oxygen atoms in total. The van der Waals surface area contributed by atoms with Crippen molar-refractivity contribution in [2.45, 2.75) is 26.4 Å². The zero-order valence-corrected chi connectivity index (χ0v) is 12.8. The molecule has 0 aromatic heterocycles. The Labute approximate surface area is 121 Å². The van der Waals surface area contributed by atoms with Crippen molar-refractivity contribution in [2.24, 2.45) is 5.92 Å². The van der Waals surface area contributed by atoms with Gasteiger partial charge in [-0.15, -0.1) is 0 Å². The Hall–Kier alpha value is -0.620. The summed E-state index contributed by atoms with van der Waals surface area (Å²) in [7, 11) is 0. The number of carbonyl (C=O) groups is 1. The van der Waals surface area contributed by atoms with Crippen LogP contribution in [0.5, 0.6) is 0 Å². The van der Waals surface area contributed by atoms with Crippen LogP contribution in [0.4, 0.5) is 0 Å². The van der Waals surface area contributed by atoms with Crippen LogP contribution in [0.15, 0.2) is 18.2 Å². The Morgan fingerprint density at radius 3 is 2.89 bits per heavy atom. The van der Waals surface area contributed by atoms with Crippen LogP contribution in [-0.4, -0.2) is 35.1 Å². The van der Waals surface area contributed by atoms with Crippen molar-refractivity contribution in [2.75, 3.05) is 13.1 Å². The smallest absolute Gasteiger partial charge is 0.254 e. The van der Waals surface area contributed by atoms with Crippen LogP contribution in [0, 0.1) is 16.4 Å². The molecule has 1 fully saturated rings. The van der Waals surface area contributed by atoms with Gasteiger partial charge in [0.1, 0.15) is 0 Å². The standard InChI is InChI=1S/C14H18INO2/c1-9-4-3-5-11(13(9)15)14(18)16-7-6-12(17)10(2)8-16/h3-5,10,12,17H,6-8H2,1-2H3. The third-order valence-corrected chi connectivity index (χ3v) is 5.00. The lowest BCUT2D eigenvalue weighted by Crippen LogP contribution is -2.45. The molecule has 2 rings (SSSR count). The second-order valence-electron chi connectivity index (χ2n) is 5.02. The molecule has 1 N–H and O–H groups in total. The molecule has 98 valence electrons. The summed E-state index contributed by atoms with van der Waals surface area (Å²) in [4.78, 5) is 14.3. The van der Waals surface area contributed by atoms with Crippen LogP contribution in [0.1, 0.15) is 29.3 Å². The van der Waals surface area contributed by atoms with E-state index in [1.54, 1.807) is 0 Å². The molecule has 1 aromatic rings. The van der Waals surface area contributed by atoms with Gasteiger partial charge in [-0.3, -0.25) is 4.79 Å². The number of piperidine rings is 1. The van der Waals surface area contributed by atoms with Crippen molar-refractivity contribution < 1.29 is 9.90 Å². The van der Waals surface area contributed by atoms with Crippen LogP contribution in [0.3, 0.4) is 0 Å². The van der Waals surface area contributed by atoms with E-state index in [-0.39, 0.29) is 17.9 Å². The number of aliphatic hydroxyl groups is 1. The molecule has 1 heterocycles. The molecule has 1 saturated heterocycles. The fourth-order valence-electron chi connectivity index (χ4n) is 2.30. The minimum Gasteiger partial charge on any atom is -0.393 e. The molecule has 1 aromatic carbocycles. The van der Waals surface area contributed by atoms with Gasteiger partial charge in [0.2, 0.25) is 0 Å². The Balaban J connectivity index is 2.19. The molecule has 2 atom stereocenters. The maximum Gasteiger partial charge on any atom is 0.254 e. The second kappa shape index (κ2) is 5.57. The number of benzene rings is 1. The lowest BCUT2D eigenvalue weighted by Gasteiger charge is -2.34. The zero-order chi connectivity index (χ0) is 13.3. The molecule has 0 aliphatic carbocycles. The summed E-state index contributed by atoms with van der Waals surface area (Å²) in [5, 5.41) is 9.71. The number of amides is 1. The minimum atomic E-state index is -0.273. The van der Waals surface area contributed by atoms with Gasteiger partial charge < -0.3 is 10.0 Å². The SMILES string of the molecule is Cc1cccc(C(=O)N2CCC(O)C(C)C2)c1I. The van der Waals surface area contributed by atoms with E-state index in [9.17, 15) is 9.90 Å². The van der Waals surface area contributed by atoms with Gasteiger partial charge in [-0.25, -0.2) is 0 Å². The van der Waals surface area contributed by atoms with Gasteiger partial charge in [0.05, 0.1) is 11.7 Å². The van der Waals surface area contributed by atoms with Gasteiger partial charge in [-0.05, 0) is 53.5 Å². The minimum absolute atomic E-state index is 0.0850. The first-order valence-electron chi connectivity index (χ1n) is 6.23. The molecule has 1 aliphatic heterocycles. The van der Waals surface area contributed by atoms with Gasteiger partial charge in [0, 0.05) is 16.7 Å². The lowest BCUT2D eigenvalue weighted by atomic mass is 9.96. The molecule has 1 amide bonds. The molecule has 0 spiro atoms. The maximum absolute atomic E-state index is 12.5. The van der Waals surface area contributed by atoms with Crippen molar-refractivity contribution >= 4 is 28.5 Å². The van der Waals surface area contributed by atoms with E-state index in [1.165, 1.54) is 0 Å². The zero-order valence-electron chi connectivity index (χ0n) is 10.7. The molecule has 0 bridgehead atoms. The molecule has 1 aliphatic rings. The highest BCUT2D eigenvalue weighted by atomic mass is 127. The number of hydrogen-bond donors (Lipinski definition) is 1. The molecule has 2 unspecified atom stereocenters. The number of halogens is 1. The second-order valence-corrected chi connectivity index (χ2v) is 6.10. The van der Waals surface area contributed by atoms with Crippen molar-refractivity contribution in [3.05, 3.63) is 32.9 Å². The maximum atomic E-state index is 12.5. The molecular formula is C14H18INO2. The van der Waals surface area contributed by atoms with E-state index in [2.05, 4.69) is 22.6 Å². The van der Waals surface area contributed by atoms with Gasteiger partial charge in [0.15, 0.2) is 0 Å². The van der Waals surface area contributed by atoms with E-state index in [0.717, 1.165) is 14.7 Å². The fourth-order valence-corrected chi connectivity index (χ4v) is 2.89. The Morgan fingerprint density at radius 1 is 1.50 bits per heavy atom. The van der Waals surface area contributed by atoms with Crippen LogP contribution in [0.25, 0.3) is 0 Å². The van der Waals surface area contributed by atoms with Crippen molar-refractivity contribution in [3.8, 4) is 0 Å². The third-order valence-electron chi connectivity index (χ3n) is 3.57. The largest absolute Gasteiger partial charge is 0.393 e. The van der Waals surface area contributed by atoms with E-state index < -0.39 is 0 Å². The highest BCUT2D eigenvalue weighted by Gasteiger charge is 2.28. The van der Waals surface area contributed by atoms with E-state index in [0.29, 0.717) is 19.5 Å². The molecule has 0 saturated carbocycles. The van der Waals surface area contributed by atoms with Crippen LogP contribution in [-0.2, 0) is 0 Å². The van der Waals surface area contributed by atoms with Gasteiger partial charge in [-0.2, -0.15) is 0 Å². The number of hydrogen-bond acceptors (Lipinski definition) is 2. The topological polar surface area (TPSA) is 40.5 Å². The Bertz CT molecular complexity index is 461. The molecule has 18 heavy (non-hydrogen) atoms. The highest BCUT2D eigenvalue weighted by Crippen LogP contribution is 2.22. The van der Waals surface area contributed by atoms with Crippen LogP contribution in [0.2, 0.25) is 0 Å². The summed E-state index contributed by atoms with van der Waals surface area (Å²) in [6.07, 6.45) is 0.403. The summed E-state index contributed by atoms with van der Waals surface area (Å²) in [6, 6.07) is 5.82. The quantitative estimate of drug-likeness (QED) is 0.783.